The first kappa shape index (κ1) is 54.1. The summed E-state index contributed by atoms with van der Waals surface area (Å²) >= 11 is 0. The number of para-hydroxylation sites is 2. The van der Waals surface area contributed by atoms with Crippen LogP contribution in [0.2, 0.25) is 0 Å². The number of benzene rings is 16. The van der Waals surface area contributed by atoms with Crippen molar-refractivity contribution in [2.24, 2.45) is 0 Å². The van der Waals surface area contributed by atoms with Gasteiger partial charge in [-0.05, 0) is 189 Å². The highest BCUT2D eigenvalue weighted by molar-refractivity contribution is 6.23. The van der Waals surface area contributed by atoms with Gasteiger partial charge in [0.15, 0.2) is 0 Å². The molecule has 100 heavy (non-hydrogen) atoms. The Morgan fingerprint density at radius 3 is 0.930 bits per heavy atom. The normalized spacial score (nSPS) is 13.8. The van der Waals surface area contributed by atoms with Gasteiger partial charge in [-0.2, -0.15) is 0 Å². The molecule has 0 fully saturated rings. The number of hydrogen-bond donors (Lipinski definition) is 0. The van der Waals surface area contributed by atoms with Crippen LogP contribution in [0.4, 0.5) is 0 Å². The van der Waals surface area contributed by atoms with E-state index in [1.165, 1.54) is 138 Å². The number of rotatable bonds is 5. The second-order valence-corrected chi connectivity index (χ2v) is 27.7. The molecule has 0 saturated heterocycles. The summed E-state index contributed by atoms with van der Waals surface area (Å²) in [6.07, 6.45) is 1.99. The SMILES string of the molecule is c1ccc2c(c1)-c1ccccc1C21c2ccccc2-c2ccc(-c3ccc4c(c3)c3ccccc3n4-c3cc(-c4cnc5c6ccccc6c6ccccc6c5n4)cc(-n4c5ccccc5c5cc(-c6ccc7c(c6)C6(c8ccccc8-c8ccccc86)c6ccccc6-7)ccc54)c3)cc21. The summed E-state index contributed by atoms with van der Waals surface area (Å²) in [5.74, 6) is 0. The summed E-state index contributed by atoms with van der Waals surface area (Å²) in [5.41, 5.74) is 35.1. The van der Waals surface area contributed by atoms with Crippen molar-refractivity contribution in [2.75, 3.05) is 0 Å². The fourth-order valence-electron chi connectivity index (χ4n) is 19.2. The van der Waals surface area contributed by atoms with E-state index in [1.54, 1.807) is 0 Å². The monoisotopic (exact) mass is 1260 g/mol. The Morgan fingerprint density at radius 2 is 0.520 bits per heavy atom. The number of fused-ring (bicyclic) bond motifs is 32. The number of nitrogens with zero attached hydrogens (tertiary/aromatic N) is 4. The van der Waals surface area contributed by atoms with Gasteiger partial charge in [0, 0.05) is 49.3 Å². The standard InChI is InChI=1S/C96H56N4/c1-3-31-76-64(21-1)65-22-2-4-32-77(65)94-93(76)97-56-88(98-94)61-49-62(99-89-39-19-11-29-74(89)78-51-57(43-47-91(78)99)59-41-45-72-70-27-9-17-37-84(70)95(86(72)53-59)80-33-13-5-23-66(80)67-24-6-14-34-81(67)95)55-63(50-61)100-90-40-20-12-30-75(90)79-52-58(44-48-92(79)100)60-42-46-73-71-28-10-18-38-85(71)96(87(73)54-60)82-35-15-7-25-68(82)69-26-8-16-36-83(69)96/h1-56H. The predicted octanol–water partition coefficient (Wildman–Crippen LogP) is 23.8. The molecule has 0 aliphatic heterocycles. The molecule has 0 saturated carbocycles. The van der Waals surface area contributed by atoms with Gasteiger partial charge in [0.2, 0.25) is 0 Å². The molecule has 0 N–H and O–H groups in total. The summed E-state index contributed by atoms with van der Waals surface area (Å²) in [6, 6.07) is 125. The van der Waals surface area contributed by atoms with Crippen LogP contribution in [0.3, 0.4) is 0 Å². The van der Waals surface area contributed by atoms with Gasteiger partial charge >= 0.3 is 0 Å². The molecule has 0 radical (unpaired) electrons. The highest BCUT2D eigenvalue weighted by Crippen LogP contribution is 2.65. The van der Waals surface area contributed by atoms with Gasteiger partial charge in [0.05, 0.1) is 55.8 Å². The Morgan fingerprint density at radius 1 is 0.210 bits per heavy atom. The molecule has 4 aliphatic carbocycles. The quantitative estimate of drug-likeness (QED) is 0.161. The van der Waals surface area contributed by atoms with E-state index in [-0.39, 0.29) is 0 Å². The maximum Gasteiger partial charge on any atom is 0.0979 e. The fraction of sp³-hybridized carbons (Fsp3) is 0.0208. The average Bonchev–Trinajstić information content (AvgIpc) is 1.51. The lowest BCUT2D eigenvalue weighted by Crippen LogP contribution is -2.25. The Kier molecular flexibility index (Phi) is 10.7. The Hall–Kier alpha value is -13.0. The molecule has 19 aromatic rings. The Balaban J connectivity index is 0.723. The van der Waals surface area contributed by atoms with Crippen LogP contribution in [0.25, 0.3) is 166 Å². The molecule has 3 aromatic heterocycles. The van der Waals surface area contributed by atoms with Crippen molar-refractivity contribution in [1.29, 1.82) is 0 Å². The predicted molar refractivity (Wildman–Crippen MR) is 412 cm³/mol. The summed E-state index contributed by atoms with van der Waals surface area (Å²) in [7, 11) is 0. The van der Waals surface area contributed by atoms with Crippen molar-refractivity contribution in [3.63, 3.8) is 0 Å². The van der Waals surface area contributed by atoms with E-state index in [0.29, 0.717) is 0 Å². The minimum atomic E-state index is -0.441. The third kappa shape index (κ3) is 6.93. The zero-order valence-corrected chi connectivity index (χ0v) is 54.1. The van der Waals surface area contributed by atoms with E-state index < -0.39 is 10.8 Å². The van der Waals surface area contributed by atoms with E-state index in [0.717, 1.165) is 71.9 Å². The van der Waals surface area contributed by atoms with E-state index in [1.807, 2.05) is 6.20 Å². The van der Waals surface area contributed by atoms with Gasteiger partial charge in [0.1, 0.15) is 0 Å². The maximum absolute atomic E-state index is 5.71. The van der Waals surface area contributed by atoms with Gasteiger partial charge in [-0.1, -0.05) is 267 Å². The van der Waals surface area contributed by atoms with Crippen LogP contribution in [-0.2, 0) is 10.8 Å². The van der Waals surface area contributed by atoms with Crippen LogP contribution in [0.15, 0.2) is 340 Å². The zero-order chi connectivity index (χ0) is 65.1. The second kappa shape index (κ2) is 19.8. The summed E-state index contributed by atoms with van der Waals surface area (Å²) < 4.78 is 4.96. The second-order valence-electron chi connectivity index (χ2n) is 27.7. The highest BCUT2D eigenvalue weighted by atomic mass is 15.0. The lowest BCUT2D eigenvalue weighted by atomic mass is 9.70. The molecule has 4 nitrogen and oxygen atoms in total. The smallest absolute Gasteiger partial charge is 0.0979 e. The summed E-state index contributed by atoms with van der Waals surface area (Å²) in [4.78, 5) is 11.1. The van der Waals surface area contributed by atoms with Crippen molar-refractivity contribution >= 4 is 76.2 Å². The summed E-state index contributed by atoms with van der Waals surface area (Å²) in [5, 5.41) is 9.26. The Bertz CT molecular complexity index is 6380. The number of hydrogen-bond acceptors (Lipinski definition) is 2. The number of aromatic nitrogens is 4. The van der Waals surface area contributed by atoms with E-state index >= 15 is 0 Å². The van der Waals surface area contributed by atoms with Crippen LogP contribution < -0.4 is 0 Å². The lowest BCUT2D eigenvalue weighted by Gasteiger charge is -2.30. The highest BCUT2D eigenvalue weighted by Gasteiger charge is 2.53. The third-order valence-electron chi connectivity index (χ3n) is 23.1. The molecule has 460 valence electrons. The van der Waals surface area contributed by atoms with E-state index in [4.69, 9.17) is 9.97 Å². The third-order valence-corrected chi connectivity index (χ3v) is 23.1. The minimum absolute atomic E-state index is 0.441. The zero-order valence-electron chi connectivity index (χ0n) is 54.1. The van der Waals surface area contributed by atoms with Gasteiger partial charge < -0.3 is 9.13 Å². The minimum Gasteiger partial charge on any atom is -0.309 e. The van der Waals surface area contributed by atoms with Gasteiger partial charge in [-0.3, -0.25) is 4.98 Å². The lowest BCUT2D eigenvalue weighted by molar-refractivity contribution is 0.794. The Labute approximate surface area is 576 Å². The van der Waals surface area contributed by atoms with E-state index in [9.17, 15) is 0 Å². The van der Waals surface area contributed by atoms with Crippen molar-refractivity contribution < 1.29 is 0 Å². The first-order valence-corrected chi connectivity index (χ1v) is 34.8. The fourth-order valence-corrected chi connectivity index (χ4v) is 19.2. The van der Waals surface area contributed by atoms with Crippen LogP contribution in [0.5, 0.6) is 0 Å². The first-order chi connectivity index (χ1) is 49.6. The molecule has 3 heterocycles. The topological polar surface area (TPSA) is 35.6 Å². The van der Waals surface area contributed by atoms with Gasteiger partial charge in [0.25, 0.3) is 0 Å². The van der Waals surface area contributed by atoms with Crippen LogP contribution >= 0.6 is 0 Å². The van der Waals surface area contributed by atoms with Crippen molar-refractivity contribution in [1.82, 2.24) is 19.1 Å². The molecule has 0 atom stereocenters. The van der Waals surface area contributed by atoms with E-state index in [2.05, 4.69) is 343 Å². The summed E-state index contributed by atoms with van der Waals surface area (Å²) in [6.45, 7) is 0. The van der Waals surface area contributed by atoms with Crippen molar-refractivity contribution in [3.05, 3.63) is 384 Å². The van der Waals surface area contributed by atoms with Gasteiger partial charge in [-0.25, -0.2) is 4.98 Å². The van der Waals surface area contributed by atoms with Crippen molar-refractivity contribution in [3.8, 4) is 89.4 Å². The molecular weight excluding hydrogens is 1210 g/mol. The average molecular weight is 1270 g/mol. The molecule has 23 rings (SSSR count). The molecule has 4 heteroatoms. The van der Waals surface area contributed by atoms with Crippen LogP contribution in [0.1, 0.15) is 44.5 Å². The molecule has 0 unspecified atom stereocenters. The molecule has 2 spiro atoms. The van der Waals surface area contributed by atoms with Crippen LogP contribution in [-0.4, -0.2) is 19.1 Å². The van der Waals surface area contributed by atoms with Crippen LogP contribution in [0, 0.1) is 0 Å². The largest absolute Gasteiger partial charge is 0.309 e. The molecule has 0 amide bonds. The molecule has 16 aromatic carbocycles. The molecule has 4 aliphatic rings. The van der Waals surface area contributed by atoms with Gasteiger partial charge in [-0.15, -0.1) is 0 Å². The first-order valence-electron chi connectivity index (χ1n) is 34.8. The molecule has 0 bridgehead atoms. The van der Waals surface area contributed by atoms with Crippen molar-refractivity contribution in [2.45, 2.75) is 10.8 Å². The molecular formula is C96H56N4. The maximum atomic E-state index is 5.71.